The number of hydrogen-bond donors (Lipinski definition) is 2. The number of benzene rings is 1. The smallest absolute Gasteiger partial charge is 0.191 e. The fourth-order valence-corrected chi connectivity index (χ4v) is 3.36. The molecule has 2 N–H and O–H groups in total. The Kier molecular flexibility index (Phi) is 8.36. The van der Waals surface area contributed by atoms with Crippen LogP contribution in [0.5, 0.6) is 0 Å². The van der Waals surface area contributed by atoms with Gasteiger partial charge in [0.05, 0.1) is 18.8 Å². The summed E-state index contributed by atoms with van der Waals surface area (Å²) >= 11 is 1.65. The van der Waals surface area contributed by atoms with Crippen LogP contribution >= 0.6 is 35.3 Å². The molecule has 0 saturated carbocycles. The van der Waals surface area contributed by atoms with Gasteiger partial charge in [-0.15, -0.1) is 35.3 Å². The maximum atomic E-state index is 14.5. The Labute approximate surface area is 185 Å². The van der Waals surface area contributed by atoms with E-state index in [2.05, 4.69) is 25.6 Å². The molecule has 1 aromatic carbocycles. The highest BCUT2D eigenvalue weighted by Crippen LogP contribution is 2.17. The molecule has 28 heavy (non-hydrogen) atoms. The van der Waals surface area contributed by atoms with Crippen molar-refractivity contribution in [2.75, 3.05) is 6.54 Å². The molecule has 0 amide bonds. The first-order valence-corrected chi connectivity index (χ1v) is 9.60. The van der Waals surface area contributed by atoms with Crippen LogP contribution < -0.4 is 10.6 Å². The van der Waals surface area contributed by atoms with Gasteiger partial charge in [0.1, 0.15) is 16.6 Å². The van der Waals surface area contributed by atoms with E-state index in [9.17, 15) is 4.39 Å². The molecule has 3 rings (SSSR count). The number of thiazole rings is 1. The van der Waals surface area contributed by atoms with Gasteiger partial charge < -0.3 is 15.2 Å². The molecule has 2 heterocycles. The first kappa shape index (κ1) is 22.3. The lowest BCUT2D eigenvalue weighted by molar-refractivity contribution is 0.614. The van der Waals surface area contributed by atoms with Crippen LogP contribution in [0.15, 0.2) is 41.8 Å². The van der Waals surface area contributed by atoms with Crippen LogP contribution in [0.1, 0.15) is 28.2 Å². The molecule has 150 valence electrons. The van der Waals surface area contributed by atoms with Crippen molar-refractivity contribution in [3.8, 4) is 5.69 Å². The van der Waals surface area contributed by atoms with E-state index in [-0.39, 0.29) is 29.8 Å². The highest BCUT2D eigenvalue weighted by Gasteiger charge is 2.08. The van der Waals surface area contributed by atoms with Crippen molar-refractivity contribution in [1.29, 1.82) is 0 Å². The molecule has 2 aromatic heterocycles. The predicted molar refractivity (Wildman–Crippen MR) is 122 cm³/mol. The second-order valence-electron chi connectivity index (χ2n) is 6.04. The Morgan fingerprint density at radius 1 is 1.25 bits per heavy atom. The largest absolute Gasteiger partial charge is 0.357 e. The number of aryl methyl sites for hydroxylation is 2. The number of guanidine groups is 1. The third kappa shape index (κ3) is 5.74. The molecule has 0 radical (unpaired) electrons. The minimum atomic E-state index is -0.292. The van der Waals surface area contributed by atoms with Crippen molar-refractivity contribution in [2.45, 2.75) is 33.9 Å². The highest BCUT2D eigenvalue weighted by molar-refractivity contribution is 14.0. The van der Waals surface area contributed by atoms with Crippen molar-refractivity contribution < 1.29 is 4.39 Å². The average Bonchev–Trinajstić information content (AvgIpc) is 3.26. The van der Waals surface area contributed by atoms with E-state index in [0.717, 1.165) is 22.9 Å². The fraction of sp³-hybridized carbons (Fsp3) is 0.316. The van der Waals surface area contributed by atoms with E-state index in [0.29, 0.717) is 24.7 Å². The predicted octanol–water partition coefficient (Wildman–Crippen LogP) is 3.96. The van der Waals surface area contributed by atoms with Gasteiger partial charge in [-0.3, -0.25) is 0 Å². The first-order chi connectivity index (χ1) is 13.1. The molecular weight excluding hydrogens is 490 g/mol. The summed E-state index contributed by atoms with van der Waals surface area (Å²) in [5, 5.41) is 7.46. The van der Waals surface area contributed by atoms with E-state index >= 15 is 0 Å². The minimum absolute atomic E-state index is 0. The Balaban J connectivity index is 0.00000280. The lowest BCUT2D eigenvalue weighted by Crippen LogP contribution is -2.36. The summed E-state index contributed by atoms with van der Waals surface area (Å²) < 4.78 is 16.2. The molecule has 0 atom stereocenters. The molecule has 9 heteroatoms. The molecule has 0 saturated heterocycles. The number of imidazole rings is 1. The number of aliphatic imine (C=N–C) groups is 1. The zero-order valence-electron chi connectivity index (χ0n) is 16.1. The molecule has 0 spiro atoms. The van der Waals surface area contributed by atoms with Crippen LogP contribution in [0, 0.1) is 19.7 Å². The summed E-state index contributed by atoms with van der Waals surface area (Å²) in [6, 6.07) is 5.16. The van der Waals surface area contributed by atoms with Crippen molar-refractivity contribution in [3.05, 3.63) is 63.9 Å². The summed E-state index contributed by atoms with van der Waals surface area (Å²) in [7, 11) is 0. The Hall–Kier alpha value is -2.01. The van der Waals surface area contributed by atoms with E-state index in [1.807, 2.05) is 33.0 Å². The van der Waals surface area contributed by atoms with Crippen molar-refractivity contribution >= 4 is 41.3 Å². The third-order valence-corrected chi connectivity index (χ3v) is 4.85. The van der Waals surface area contributed by atoms with E-state index in [1.54, 1.807) is 34.4 Å². The van der Waals surface area contributed by atoms with Gasteiger partial charge in [0, 0.05) is 30.0 Å². The minimum Gasteiger partial charge on any atom is -0.357 e. The van der Waals surface area contributed by atoms with Crippen molar-refractivity contribution in [1.82, 2.24) is 25.2 Å². The van der Waals surface area contributed by atoms with Gasteiger partial charge in [0.15, 0.2) is 5.96 Å². The van der Waals surface area contributed by atoms with Gasteiger partial charge in [-0.05, 0) is 38.5 Å². The molecule has 0 unspecified atom stereocenters. The number of nitrogens with zero attached hydrogens (tertiary/aromatic N) is 4. The summed E-state index contributed by atoms with van der Waals surface area (Å²) in [5.41, 5.74) is 1.29. The average molecular weight is 514 g/mol. The lowest BCUT2D eigenvalue weighted by Gasteiger charge is -2.11. The van der Waals surface area contributed by atoms with Gasteiger partial charge >= 0.3 is 0 Å². The van der Waals surface area contributed by atoms with Crippen molar-refractivity contribution in [2.24, 2.45) is 4.99 Å². The topological polar surface area (TPSA) is 67.1 Å². The number of hydrogen-bond acceptors (Lipinski definition) is 4. The van der Waals surface area contributed by atoms with Crippen LogP contribution in [0.2, 0.25) is 0 Å². The summed E-state index contributed by atoms with van der Waals surface area (Å²) in [6.45, 7) is 7.62. The van der Waals surface area contributed by atoms with Crippen LogP contribution in [-0.4, -0.2) is 27.0 Å². The van der Waals surface area contributed by atoms with Gasteiger partial charge in [0.25, 0.3) is 0 Å². The number of halogens is 2. The van der Waals surface area contributed by atoms with E-state index < -0.39 is 0 Å². The van der Waals surface area contributed by atoms with Gasteiger partial charge in [0.2, 0.25) is 0 Å². The van der Waals surface area contributed by atoms with Crippen LogP contribution in [0.4, 0.5) is 4.39 Å². The van der Waals surface area contributed by atoms with Gasteiger partial charge in [-0.25, -0.2) is 19.4 Å². The second kappa shape index (κ2) is 10.5. The summed E-state index contributed by atoms with van der Waals surface area (Å²) in [4.78, 5) is 14.2. The van der Waals surface area contributed by atoms with Crippen LogP contribution in [-0.2, 0) is 13.1 Å². The molecule has 3 aromatic rings. The molecule has 0 aliphatic heterocycles. The maximum absolute atomic E-state index is 14.5. The number of rotatable bonds is 6. The standard InChI is InChI=1S/C19H23FN6S.HI/c1-4-21-19(25-12-18-23-10-13(2)27-18)24-11-15-5-6-17(16(20)9-15)26-8-7-22-14(26)3;/h5-10H,4,11-12H2,1-3H3,(H2,21,24,25);1H. The highest BCUT2D eigenvalue weighted by atomic mass is 127. The van der Waals surface area contributed by atoms with E-state index in [1.165, 1.54) is 10.9 Å². The monoisotopic (exact) mass is 514 g/mol. The number of nitrogens with one attached hydrogen (secondary N) is 2. The van der Waals surface area contributed by atoms with E-state index in [4.69, 9.17) is 0 Å². The molecule has 0 bridgehead atoms. The lowest BCUT2D eigenvalue weighted by atomic mass is 10.2. The van der Waals surface area contributed by atoms with Crippen LogP contribution in [0.3, 0.4) is 0 Å². The molecule has 6 nitrogen and oxygen atoms in total. The third-order valence-electron chi connectivity index (χ3n) is 3.94. The first-order valence-electron chi connectivity index (χ1n) is 8.79. The SMILES string of the molecule is CCNC(=NCc1ccc(-n2ccnc2C)c(F)c1)NCc1ncc(C)s1.I. The van der Waals surface area contributed by atoms with Gasteiger partial charge in [-0.1, -0.05) is 6.07 Å². The molecule has 0 aliphatic carbocycles. The second-order valence-corrected chi connectivity index (χ2v) is 7.36. The molecular formula is C19H24FIN6S. The van der Waals surface area contributed by atoms with Crippen molar-refractivity contribution in [3.63, 3.8) is 0 Å². The molecule has 0 fully saturated rings. The zero-order chi connectivity index (χ0) is 19.2. The quantitative estimate of drug-likeness (QED) is 0.297. The number of aromatic nitrogens is 3. The zero-order valence-corrected chi connectivity index (χ0v) is 19.2. The fourth-order valence-electron chi connectivity index (χ4n) is 2.63. The maximum Gasteiger partial charge on any atom is 0.191 e. The Morgan fingerprint density at radius 2 is 2.07 bits per heavy atom. The van der Waals surface area contributed by atoms with Gasteiger partial charge in [-0.2, -0.15) is 0 Å². The Morgan fingerprint density at radius 3 is 2.68 bits per heavy atom. The summed E-state index contributed by atoms with van der Waals surface area (Å²) in [6.07, 6.45) is 5.27. The normalized spacial score (nSPS) is 11.2. The molecule has 0 aliphatic rings. The van der Waals surface area contributed by atoms with Crippen LogP contribution in [0.25, 0.3) is 5.69 Å². The summed E-state index contributed by atoms with van der Waals surface area (Å²) in [5.74, 6) is 1.14. The Bertz CT molecular complexity index is 936.